The average molecular weight is 184 g/mol. The Morgan fingerprint density at radius 2 is 2.50 bits per heavy atom. The SMILES string of the molecule is O=Cc1sccc1OC1COC1. The Hall–Kier alpha value is -0.870. The van der Waals surface area contributed by atoms with Crippen molar-refractivity contribution in [2.45, 2.75) is 6.10 Å². The molecule has 64 valence electrons. The Bertz CT molecular complexity index is 278. The molecule has 0 saturated carbocycles. The number of hydrogen-bond acceptors (Lipinski definition) is 4. The van der Waals surface area contributed by atoms with Gasteiger partial charge >= 0.3 is 0 Å². The van der Waals surface area contributed by atoms with Crippen molar-refractivity contribution < 1.29 is 14.3 Å². The Morgan fingerprint density at radius 1 is 1.67 bits per heavy atom. The standard InChI is InChI=1S/C8H8O3S/c9-3-8-7(1-2-12-8)11-6-4-10-5-6/h1-3,6H,4-5H2. The Labute approximate surface area is 73.9 Å². The fourth-order valence-electron chi connectivity index (χ4n) is 0.954. The zero-order chi connectivity index (χ0) is 8.39. The van der Waals surface area contributed by atoms with Crippen molar-refractivity contribution in [2.75, 3.05) is 13.2 Å². The van der Waals surface area contributed by atoms with E-state index in [1.165, 1.54) is 11.3 Å². The van der Waals surface area contributed by atoms with E-state index in [1.54, 1.807) is 0 Å². The number of thiophene rings is 1. The van der Waals surface area contributed by atoms with E-state index in [-0.39, 0.29) is 6.10 Å². The number of carbonyl (C=O) groups excluding carboxylic acids is 1. The topological polar surface area (TPSA) is 35.5 Å². The van der Waals surface area contributed by atoms with E-state index in [4.69, 9.17) is 9.47 Å². The number of carbonyl (C=O) groups is 1. The molecule has 0 atom stereocenters. The summed E-state index contributed by atoms with van der Waals surface area (Å²) in [6, 6.07) is 1.81. The van der Waals surface area contributed by atoms with Crippen LogP contribution in [0, 0.1) is 0 Å². The van der Waals surface area contributed by atoms with Crippen LogP contribution in [0.2, 0.25) is 0 Å². The molecule has 0 aliphatic carbocycles. The van der Waals surface area contributed by atoms with Crippen LogP contribution >= 0.6 is 11.3 Å². The minimum Gasteiger partial charge on any atom is -0.484 e. The molecule has 2 heterocycles. The van der Waals surface area contributed by atoms with Crippen LogP contribution in [0.4, 0.5) is 0 Å². The second-order valence-electron chi connectivity index (χ2n) is 2.54. The van der Waals surface area contributed by atoms with E-state index in [0.717, 1.165) is 6.29 Å². The molecule has 1 aliphatic heterocycles. The van der Waals surface area contributed by atoms with Crippen LogP contribution in [-0.4, -0.2) is 25.6 Å². The molecule has 1 saturated heterocycles. The second-order valence-corrected chi connectivity index (χ2v) is 3.49. The summed E-state index contributed by atoms with van der Waals surface area (Å²) in [5, 5.41) is 1.85. The van der Waals surface area contributed by atoms with Crippen LogP contribution in [0.5, 0.6) is 5.75 Å². The Balaban J connectivity index is 2.05. The quantitative estimate of drug-likeness (QED) is 0.665. The van der Waals surface area contributed by atoms with Crippen LogP contribution in [0.3, 0.4) is 0 Å². The summed E-state index contributed by atoms with van der Waals surface area (Å²) in [5.41, 5.74) is 0. The molecule has 0 bridgehead atoms. The van der Waals surface area contributed by atoms with Gasteiger partial charge in [0.15, 0.2) is 6.29 Å². The molecule has 1 aliphatic rings. The van der Waals surface area contributed by atoms with Gasteiger partial charge in [0.1, 0.15) is 16.7 Å². The van der Waals surface area contributed by atoms with Crippen molar-refractivity contribution >= 4 is 17.6 Å². The summed E-state index contributed by atoms with van der Waals surface area (Å²) in [6.07, 6.45) is 0.956. The number of rotatable bonds is 3. The van der Waals surface area contributed by atoms with E-state index in [2.05, 4.69) is 0 Å². The Kier molecular flexibility index (Phi) is 2.10. The van der Waals surface area contributed by atoms with Crippen LogP contribution in [0.1, 0.15) is 9.67 Å². The predicted octanol–water partition coefficient (Wildman–Crippen LogP) is 1.34. The lowest BCUT2D eigenvalue weighted by molar-refractivity contribution is -0.0796. The first-order chi connectivity index (χ1) is 5.90. The fraction of sp³-hybridized carbons (Fsp3) is 0.375. The van der Waals surface area contributed by atoms with Crippen molar-refractivity contribution in [1.82, 2.24) is 0 Å². The highest BCUT2D eigenvalue weighted by Crippen LogP contribution is 2.24. The second kappa shape index (κ2) is 3.25. The van der Waals surface area contributed by atoms with Crippen LogP contribution in [0.15, 0.2) is 11.4 Å². The van der Waals surface area contributed by atoms with E-state index in [1.807, 2.05) is 11.4 Å². The van der Waals surface area contributed by atoms with Crippen molar-refractivity contribution in [3.05, 3.63) is 16.3 Å². The van der Waals surface area contributed by atoms with Crippen LogP contribution < -0.4 is 4.74 Å². The largest absolute Gasteiger partial charge is 0.484 e. The highest BCUT2D eigenvalue weighted by molar-refractivity contribution is 7.12. The van der Waals surface area contributed by atoms with Gasteiger partial charge in [0, 0.05) is 0 Å². The first kappa shape index (κ1) is 7.76. The summed E-state index contributed by atoms with van der Waals surface area (Å²) in [4.78, 5) is 11.1. The zero-order valence-electron chi connectivity index (χ0n) is 6.36. The van der Waals surface area contributed by atoms with Gasteiger partial charge in [0.2, 0.25) is 0 Å². The molecule has 0 amide bonds. The van der Waals surface area contributed by atoms with Gasteiger partial charge in [-0.2, -0.15) is 0 Å². The maximum atomic E-state index is 10.5. The van der Waals surface area contributed by atoms with E-state index >= 15 is 0 Å². The van der Waals surface area contributed by atoms with Crippen molar-refractivity contribution in [2.24, 2.45) is 0 Å². The summed E-state index contributed by atoms with van der Waals surface area (Å²) < 4.78 is 10.4. The normalized spacial score (nSPS) is 17.0. The van der Waals surface area contributed by atoms with E-state index in [9.17, 15) is 4.79 Å². The molecule has 0 unspecified atom stereocenters. The monoisotopic (exact) mass is 184 g/mol. The van der Waals surface area contributed by atoms with Gasteiger partial charge in [-0.1, -0.05) is 0 Å². The first-order valence-corrected chi connectivity index (χ1v) is 4.55. The van der Waals surface area contributed by atoms with Crippen molar-refractivity contribution in [1.29, 1.82) is 0 Å². The van der Waals surface area contributed by atoms with Crippen molar-refractivity contribution in [3.8, 4) is 5.75 Å². The maximum Gasteiger partial charge on any atom is 0.163 e. The van der Waals surface area contributed by atoms with Gasteiger partial charge in [0.05, 0.1) is 13.2 Å². The molecular formula is C8H8O3S. The highest BCUT2D eigenvalue weighted by atomic mass is 32.1. The lowest BCUT2D eigenvalue weighted by Crippen LogP contribution is -2.38. The highest BCUT2D eigenvalue weighted by Gasteiger charge is 2.21. The molecule has 0 aromatic carbocycles. The maximum absolute atomic E-state index is 10.5. The molecule has 1 aromatic heterocycles. The molecule has 4 heteroatoms. The van der Waals surface area contributed by atoms with Crippen LogP contribution in [-0.2, 0) is 4.74 Å². The molecule has 0 spiro atoms. The third kappa shape index (κ3) is 1.35. The minimum atomic E-state index is 0.137. The van der Waals surface area contributed by atoms with Gasteiger partial charge in [0.25, 0.3) is 0 Å². The smallest absolute Gasteiger partial charge is 0.163 e. The first-order valence-electron chi connectivity index (χ1n) is 3.67. The van der Waals surface area contributed by atoms with Gasteiger partial charge < -0.3 is 9.47 Å². The third-order valence-corrected chi connectivity index (χ3v) is 2.49. The summed E-state index contributed by atoms with van der Waals surface area (Å²) in [5.74, 6) is 0.684. The van der Waals surface area contributed by atoms with Gasteiger partial charge in [-0.3, -0.25) is 4.79 Å². The number of aldehydes is 1. The average Bonchev–Trinajstić information content (AvgIpc) is 2.43. The minimum absolute atomic E-state index is 0.137. The summed E-state index contributed by atoms with van der Waals surface area (Å²) >= 11 is 1.39. The summed E-state index contributed by atoms with van der Waals surface area (Å²) in [6.45, 7) is 1.27. The molecule has 0 radical (unpaired) electrons. The molecule has 2 rings (SSSR count). The zero-order valence-corrected chi connectivity index (χ0v) is 7.17. The van der Waals surface area contributed by atoms with Crippen molar-refractivity contribution in [3.63, 3.8) is 0 Å². The van der Waals surface area contributed by atoms with Gasteiger partial charge in [-0.15, -0.1) is 11.3 Å². The van der Waals surface area contributed by atoms with Gasteiger partial charge in [-0.25, -0.2) is 0 Å². The lowest BCUT2D eigenvalue weighted by Gasteiger charge is -2.26. The molecule has 1 aromatic rings. The number of ether oxygens (including phenoxy) is 2. The Morgan fingerprint density at radius 3 is 3.08 bits per heavy atom. The van der Waals surface area contributed by atoms with E-state index in [0.29, 0.717) is 23.8 Å². The fourth-order valence-corrected chi connectivity index (χ4v) is 1.58. The third-order valence-electron chi connectivity index (χ3n) is 1.67. The molecular weight excluding hydrogens is 176 g/mol. The van der Waals surface area contributed by atoms with E-state index < -0.39 is 0 Å². The predicted molar refractivity (Wildman–Crippen MR) is 44.9 cm³/mol. The van der Waals surface area contributed by atoms with Gasteiger partial charge in [-0.05, 0) is 11.4 Å². The summed E-state index contributed by atoms with van der Waals surface area (Å²) in [7, 11) is 0. The molecule has 0 N–H and O–H groups in total. The molecule has 1 fully saturated rings. The number of hydrogen-bond donors (Lipinski definition) is 0. The lowest BCUT2D eigenvalue weighted by atomic mass is 10.3. The van der Waals surface area contributed by atoms with Crippen LogP contribution in [0.25, 0.3) is 0 Å². The molecule has 12 heavy (non-hydrogen) atoms. The molecule has 3 nitrogen and oxygen atoms in total.